The minimum Gasteiger partial charge on any atom is -0.352 e. The first kappa shape index (κ1) is 20.1. The summed E-state index contributed by atoms with van der Waals surface area (Å²) in [5.41, 5.74) is -0.0559. The first-order valence-electron chi connectivity index (χ1n) is 9.59. The molecule has 0 radical (unpaired) electrons. The molecule has 3 rings (SSSR count). The van der Waals surface area contributed by atoms with Crippen LogP contribution in [0, 0.1) is 5.92 Å². The summed E-state index contributed by atoms with van der Waals surface area (Å²) in [5, 5.41) is 4.41. The second kappa shape index (κ2) is 9.06. The van der Waals surface area contributed by atoms with Crippen molar-refractivity contribution in [3.8, 4) is 0 Å². The van der Waals surface area contributed by atoms with Crippen molar-refractivity contribution in [3.05, 3.63) is 34.0 Å². The van der Waals surface area contributed by atoms with Gasteiger partial charge in [-0.2, -0.15) is 0 Å². The number of amides is 1. The topological polar surface area (TPSA) is 64.0 Å². The molecule has 0 aromatic carbocycles. The van der Waals surface area contributed by atoms with Crippen LogP contribution in [0.5, 0.6) is 0 Å². The third-order valence-corrected chi connectivity index (χ3v) is 7.27. The summed E-state index contributed by atoms with van der Waals surface area (Å²) in [6.45, 7) is 8.41. The maximum atomic E-state index is 12.8. The van der Waals surface area contributed by atoms with Crippen LogP contribution in [-0.4, -0.2) is 27.3 Å². The molecule has 2 atom stereocenters. The van der Waals surface area contributed by atoms with E-state index in [2.05, 4.69) is 30.7 Å². The normalized spacial score (nSPS) is 19.9. The third-order valence-electron chi connectivity index (χ3n) is 5.12. The summed E-state index contributed by atoms with van der Waals surface area (Å²) >= 11 is 2.88. The highest BCUT2D eigenvalue weighted by Gasteiger charge is 2.23. The van der Waals surface area contributed by atoms with Gasteiger partial charge in [0.05, 0.1) is 11.1 Å². The van der Waals surface area contributed by atoms with Crippen LogP contribution in [0.3, 0.4) is 0 Å². The van der Waals surface area contributed by atoms with Crippen molar-refractivity contribution in [1.29, 1.82) is 0 Å². The number of nitrogens with one attached hydrogen (secondary N) is 1. The van der Waals surface area contributed by atoms with Gasteiger partial charge in [-0.15, -0.1) is 17.9 Å². The summed E-state index contributed by atoms with van der Waals surface area (Å²) in [4.78, 5) is 31.8. The van der Waals surface area contributed by atoms with Gasteiger partial charge in [0, 0.05) is 17.5 Å². The Morgan fingerprint density at radius 2 is 2.26 bits per heavy atom. The fraction of sp³-hybridized carbons (Fsp3) is 0.550. The zero-order valence-corrected chi connectivity index (χ0v) is 17.6. The average Bonchev–Trinajstić information content (AvgIpc) is 3.08. The summed E-state index contributed by atoms with van der Waals surface area (Å²) in [6.07, 6.45) is 7.23. The number of rotatable bonds is 7. The van der Waals surface area contributed by atoms with Crippen LogP contribution in [0.4, 0.5) is 0 Å². The number of carbonyl (C=O) groups excluding carboxylic acids is 1. The van der Waals surface area contributed by atoms with Crippen LogP contribution in [-0.2, 0) is 17.8 Å². The second-order valence-electron chi connectivity index (χ2n) is 7.11. The number of aryl methyl sites for hydroxylation is 1. The monoisotopic (exact) mass is 405 g/mol. The Bertz CT molecular complexity index is 887. The summed E-state index contributed by atoms with van der Waals surface area (Å²) < 4.78 is 1.61. The summed E-state index contributed by atoms with van der Waals surface area (Å²) in [5.74, 6) is 0.808. The minimum atomic E-state index is -0.0559. The van der Waals surface area contributed by atoms with Crippen molar-refractivity contribution in [3.63, 3.8) is 0 Å². The van der Waals surface area contributed by atoms with Crippen molar-refractivity contribution in [2.45, 2.75) is 63.7 Å². The largest absolute Gasteiger partial charge is 0.352 e. The lowest BCUT2D eigenvalue weighted by Crippen LogP contribution is -2.41. The number of hydrogen-bond donors (Lipinski definition) is 1. The van der Waals surface area contributed by atoms with Gasteiger partial charge >= 0.3 is 0 Å². The summed E-state index contributed by atoms with van der Waals surface area (Å²) in [6, 6.07) is 2.20. The van der Waals surface area contributed by atoms with Crippen LogP contribution >= 0.6 is 23.1 Å². The molecule has 0 spiro atoms. The van der Waals surface area contributed by atoms with E-state index in [1.54, 1.807) is 22.0 Å². The number of nitrogens with zero attached hydrogens (tertiary/aromatic N) is 2. The van der Waals surface area contributed by atoms with Crippen molar-refractivity contribution >= 4 is 39.2 Å². The number of carbonyl (C=O) groups is 1. The van der Waals surface area contributed by atoms with Crippen molar-refractivity contribution in [2.75, 3.05) is 5.75 Å². The van der Waals surface area contributed by atoms with E-state index in [0.29, 0.717) is 23.0 Å². The Morgan fingerprint density at radius 1 is 1.48 bits per heavy atom. The van der Waals surface area contributed by atoms with Crippen LogP contribution in [0.1, 0.15) is 44.4 Å². The molecule has 0 bridgehead atoms. The Kier molecular flexibility index (Phi) is 6.76. The van der Waals surface area contributed by atoms with Gasteiger partial charge in [-0.25, -0.2) is 4.98 Å². The van der Waals surface area contributed by atoms with E-state index in [4.69, 9.17) is 0 Å². The Hall–Kier alpha value is -1.60. The predicted octanol–water partition coefficient (Wildman–Crippen LogP) is 3.99. The fourth-order valence-electron chi connectivity index (χ4n) is 3.53. The van der Waals surface area contributed by atoms with Gasteiger partial charge in [0.2, 0.25) is 5.91 Å². The van der Waals surface area contributed by atoms with E-state index in [1.165, 1.54) is 31.0 Å². The third kappa shape index (κ3) is 4.63. The molecule has 1 aliphatic carbocycles. The number of hydrogen-bond acceptors (Lipinski definition) is 5. The molecule has 2 aromatic heterocycles. The highest BCUT2D eigenvalue weighted by molar-refractivity contribution is 7.99. The first-order valence-corrected chi connectivity index (χ1v) is 11.4. The van der Waals surface area contributed by atoms with Gasteiger partial charge in [0.25, 0.3) is 5.56 Å². The summed E-state index contributed by atoms with van der Waals surface area (Å²) in [7, 11) is 0. The molecule has 146 valence electrons. The van der Waals surface area contributed by atoms with E-state index in [-0.39, 0.29) is 23.3 Å². The van der Waals surface area contributed by atoms with Gasteiger partial charge in [-0.1, -0.05) is 44.5 Å². The minimum absolute atomic E-state index is 0.0127. The van der Waals surface area contributed by atoms with Crippen molar-refractivity contribution in [2.24, 2.45) is 5.92 Å². The lowest BCUT2D eigenvalue weighted by Gasteiger charge is -2.29. The van der Waals surface area contributed by atoms with Crippen LogP contribution < -0.4 is 10.9 Å². The Balaban J connectivity index is 1.76. The predicted molar refractivity (Wildman–Crippen MR) is 114 cm³/mol. The van der Waals surface area contributed by atoms with Gasteiger partial charge in [-0.05, 0) is 31.2 Å². The lowest BCUT2D eigenvalue weighted by molar-refractivity contribution is -0.119. The van der Waals surface area contributed by atoms with Crippen LogP contribution in [0.2, 0.25) is 0 Å². The van der Waals surface area contributed by atoms with E-state index in [9.17, 15) is 9.59 Å². The fourth-order valence-corrected chi connectivity index (χ4v) is 5.36. The number of aromatic nitrogens is 2. The molecule has 5 nitrogen and oxygen atoms in total. The molecular formula is C20H27N3O2S2. The highest BCUT2D eigenvalue weighted by Crippen LogP contribution is 2.26. The molecule has 0 unspecified atom stereocenters. The van der Waals surface area contributed by atoms with E-state index in [0.717, 1.165) is 22.5 Å². The van der Waals surface area contributed by atoms with Crippen molar-refractivity contribution < 1.29 is 4.79 Å². The zero-order valence-electron chi connectivity index (χ0n) is 16.0. The van der Waals surface area contributed by atoms with E-state index >= 15 is 0 Å². The van der Waals surface area contributed by atoms with Crippen LogP contribution in [0.25, 0.3) is 10.2 Å². The first-order chi connectivity index (χ1) is 13.0. The quantitative estimate of drug-likeness (QED) is 0.430. The van der Waals surface area contributed by atoms with Crippen LogP contribution in [0.15, 0.2) is 28.7 Å². The molecule has 1 saturated carbocycles. The number of allylic oxidation sites excluding steroid dienone is 1. The Morgan fingerprint density at radius 3 is 2.96 bits per heavy atom. The van der Waals surface area contributed by atoms with Crippen molar-refractivity contribution in [1.82, 2.24) is 14.9 Å². The zero-order chi connectivity index (χ0) is 19.4. The average molecular weight is 406 g/mol. The molecular weight excluding hydrogens is 378 g/mol. The number of thioether (sulfide) groups is 1. The molecule has 0 saturated heterocycles. The molecule has 7 heteroatoms. The van der Waals surface area contributed by atoms with Gasteiger partial charge in [0.1, 0.15) is 4.83 Å². The molecule has 2 heterocycles. The van der Waals surface area contributed by atoms with Gasteiger partial charge in [-0.3, -0.25) is 14.2 Å². The Labute approximate surface area is 168 Å². The van der Waals surface area contributed by atoms with E-state index in [1.807, 2.05) is 6.07 Å². The second-order valence-corrected chi connectivity index (χ2v) is 9.17. The highest BCUT2D eigenvalue weighted by atomic mass is 32.2. The van der Waals surface area contributed by atoms with Gasteiger partial charge < -0.3 is 5.32 Å². The maximum Gasteiger partial charge on any atom is 0.263 e. The molecule has 1 fully saturated rings. The smallest absolute Gasteiger partial charge is 0.263 e. The maximum absolute atomic E-state index is 12.8. The molecule has 0 aliphatic heterocycles. The van der Waals surface area contributed by atoms with E-state index < -0.39 is 0 Å². The standard InChI is InChI=1S/C20H27N3O2S2/c1-4-10-23-19(25)15-11-14(5-2)27-18(15)22-20(23)26-12-17(24)21-16-9-7-6-8-13(16)3/h4,11,13,16H,1,5-10,12H2,2-3H3,(H,21,24)/t13-,16-/m0/s1. The molecule has 1 amide bonds. The molecule has 1 N–H and O–H groups in total. The molecule has 27 heavy (non-hydrogen) atoms. The SMILES string of the molecule is C=CCn1c(SCC(=O)N[C@H]2CCCC[C@@H]2C)nc2sc(CC)cc2c1=O. The van der Waals surface area contributed by atoms with Gasteiger partial charge in [0.15, 0.2) is 5.16 Å². The number of thiophene rings is 1. The molecule has 1 aliphatic rings. The lowest BCUT2D eigenvalue weighted by atomic mass is 9.86. The molecule has 2 aromatic rings. The number of fused-ring (bicyclic) bond motifs is 1.